The molecule has 0 aromatic heterocycles. The molecule has 1 aliphatic heterocycles. The summed E-state index contributed by atoms with van der Waals surface area (Å²) in [5.74, 6) is 0.511. The summed E-state index contributed by atoms with van der Waals surface area (Å²) in [6.07, 6.45) is 8.27. The van der Waals surface area contributed by atoms with E-state index in [4.69, 9.17) is 14.6 Å². The maximum Gasteiger partial charge on any atom is 0.157 e. The molecule has 0 amide bonds. The highest BCUT2D eigenvalue weighted by molar-refractivity contribution is 4.73. The van der Waals surface area contributed by atoms with Crippen molar-refractivity contribution in [3.8, 4) is 0 Å². The van der Waals surface area contributed by atoms with E-state index in [1.807, 2.05) is 0 Å². The minimum Gasteiger partial charge on any atom is -0.396 e. The summed E-state index contributed by atoms with van der Waals surface area (Å²) in [5.41, 5.74) is 0. The predicted octanol–water partition coefficient (Wildman–Crippen LogP) is 2.08. The Bertz CT molecular complexity index is 170. The van der Waals surface area contributed by atoms with Crippen LogP contribution >= 0.6 is 0 Å². The van der Waals surface area contributed by atoms with Gasteiger partial charge in [-0.2, -0.15) is 0 Å². The molecule has 0 spiro atoms. The van der Waals surface area contributed by atoms with Crippen molar-refractivity contribution >= 4 is 0 Å². The van der Waals surface area contributed by atoms with E-state index in [1.165, 1.54) is 12.8 Å². The van der Waals surface area contributed by atoms with Crippen LogP contribution in [0.1, 0.15) is 44.9 Å². The second kappa shape index (κ2) is 5.83. The third-order valence-corrected chi connectivity index (χ3v) is 3.53. The van der Waals surface area contributed by atoms with E-state index in [1.54, 1.807) is 0 Å². The molecule has 3 heteroatoms. The Hall–Kier alpha value is -0.120. The molecule has 15 heavy (non-hydrogen) atoms. The first kappa shape index (κ1) is 11.4. The first-order valence-electron chi connectivity index (χ1n) is 6.26. The lowest BCUT2D eigenvalue weighted by Crippen LogP contribution is -2.31. The normalized spacial score (nSPS) is 37.8. The summed E-state index contributed by atoms with van der Waals surface area (Å²) >= 11 is 0. The van der Waals surface area contributed by atoms with Gasteiger partial charge in [-0.15, -0.1) is 0 Å². The van der Waals surface area contributed by atoms with Crippen LogP contribution in [0.2, 0.25) is 0 Å². The van der Waals surface area contributed by atoms with Crippen molar-refractivity contribution in [1.82, 2.24) is 0 Å². The van der Waals surface area contributed by atoms with Crippen molar-refractivity contribution in [2.45, 2.75) is 57.3 Å². The van der Waals surface area contributed by atoms with Crippen molar-refractivity contribution in [2.24, 2.45) is 5.92 Å². The second-order valence-electron chi connectivity index (χ2n) is 4.76. The van der Waals surface area contributed by atoms with Crippen molar-refractivity contribution in [3.63, 3.8) is 0 Å². The number of aliphatic hydroxyl groups excluding tert-OH is 1. The number of hydrogen-bond acceptors (Lipinski definition) is 3. The molecule has 1 aliphatic carbocycles. The van der Waals surface area contributed by atoms with Crippen molar-refractivity contribution in [2.75, 3.05) is 13.2 Å². The predicted molar refractivity (Wildman–Crippen MR) is 57.5 cm³/mol. The van der Waals surface area contributed by atoms with E-state index in [-0.39, 0.29) is 6.29 Å². The third kappa shape index (κ3) is 3.44. The summed E-state index contributed by atoms with van der Waals surface area (Å²) in [6.45, 7) is 1.20. The van der Waals surface area contributed by atoms with Crippen LogP contribution in [0.15, 0.2) is 0 Å². The van der Waals surface area contributed by atoms with Gasteiger partial charge < -0.3 is 14.6 Å². The summed E-state index contributed by atoms with van der Waals surface area (Å²) in [5, 5.41) is 9.03. The fourth-order valence-corrected chi connectivity index (χ4v) is 2.48. The van der Waals surface area contributed by atoms with Crippen molar-refractivity contribution in [3.05, 3.63) is 0 Å². The van der Waals surface area contributed by atoms with Gasteiger partial charge >= 0.3 is 0 Å². The van der Waals surface area contributed by atoms with E-state index in [2.05, 4.69) is 0 Å². The average Bonchev–Trinajstić information content (AvgIpc) is 2.31. The Morgan fingerprint density at radius 1 is 1.07 bits per heavy atom. The SMILES string of the molecule is OCC1CCC(O[C@@H]2CCCCO2)CC1. The van der Waals surface area contributed by atoms with Crippen LogP contribution in [0.25, 0.3) is 0 Å². The van der Waals surface area contributed by atoms with Gasteiger partial charge in [-0.1, -0.05) is 0 Å². The fourth-order valence-electron chi connectivity index (χ4n) is 2.48. The molecule has 1 saturated carbocycles. The number of hydrogen-bond donors (Lipinski definition) is 1. The fraction of sp³-hybridized carbons (Fsp3) is 1.00. The van der Waals surface area contributed by atoms with Crippen LogP contribution in [0.4, 0.5) is 0 Å². The van der Waals surface area contributed by atoms with Gasteiger partial charge in [-0.25, -0.2) is 0 Å². The molecule has 1 atom stereocenters. The molecule has 3 nitrogen and oxygen atoms in total. The summed E-state index contributed by atoms with van der Waals surface area (Å²) in [7, 11) is 0. The molecule has 0 unspecified atom stereocenters. The second-order valence-corrected chi connectivity index (χ2v) is 4.76. The first-order chi connectivity index (χ1) is 7.38. The Kier molecular flexibility index (Phi) is 4.42. The zero-order chi connectivity index (χ0) is 10.5. The highest BCUT2D eigenvalue weighted by Gasteiger charge is 2.24. The van der Waals surface area contributed by atoms with E-state index in [0.717, 1.165) is 38.7 Å². The molecule has 0 aromatic rings. The molecule has 1 saturated heterocycles. The molecule has 2 rings (SSSR count). The van der Waals surface area contributed by atoms with Gasteiger partial charge in [-0.3, -0.25) is 0 Å². The molecule has 1 N–H and O–H groups in total. The van der Waals surface area contributed by atoms with Crippen LogP contribution in [-0.4, -0.2) is 30.7 Å². The Balaban J connectivity index is 1.67. The summed E-state index contributed by atoms with van der Waals surface area (Å²) < 4.78 is 11.5. The highest BCUT2D eigenvalue weighted by Crippen LogP contribution is 2.28. The minimum absolute atomic E-state index is 0.0504. The quantitative estimate of drug-likeness (QED) is 0.781. The maximum absolute atomic E-state index is 9.03. The largest absolute Gasteiger partial charge is 0.396 e. The molecular weight excluding hydrogens is 192 g/mol. The van der Waals surface area contributed by atoms with Gasteiger partial charge in [0.25, 0.3) is 0 Å². The Morgan fingerprint density at radius 2 is 1.87 bits per heavy atom. The Morgan fingerprint density at radius 3 is 2.47 bits per heavy atom. The molecule has 88 valence electrons. The average molecular weight is 214 g/mol. The topological polar surface area (TPSA) is 38.7 Å². The lowest BCUT2D eigenvalue weighted by Gasteiger charge is -2.32. The van der Waals surface area contributed by atoms with E-state index in [9.17, 15) is 0 Å². The van der Waals surface area contributed by atoms with Gasteiger partial charge in [0, 0.05) is 13.2 Å². The molecule has 0 aromatic carbocycles. The van der Waals surface area contributed by atoms with Crippen molar-refractivity contribution < 1.29 is 14.6 Å². The minimum atomic E-state index is 0.0504. The third-order valence-electron chi connectivity index (χ3n) is 3.53. The smallest absolute Gasteiger partial charge is 0.157 e. The van der Waals surface area contributed by atoms with E-state index in [0.29, 0.717) is 18.6 Å². The number of aliphatic hydroxyl groups is 1. The maximum atomic E-state index is 9.03. The number of ether oxygens (including phenoxy) is 2. The van der Waals surface area contributed by atoms with Gasteiger partial charge in [0.05, 0.1) is 6.10 Å². The van der Waals surface area contributed by atoms with Gasteiger partial charge in [0.2, 0.25) is 0 Å². The zero-order valence-corrected chi connectivity index (χ0v) is 9.36. The lowest BCUT2D eigenvalue weighted by atomic mass is 9.88. The van der Waals surface area contributed by atoms with Crippen LogP contribution in [0.3, 0.4) is 0 Å². The van der Waals surface area contributed by atoms with Crippen molar-refractivity contribution in [1.29, 1.82) is 0 Å². The first-order valence-corrected chi connectivity index (χ1v) is 6.26. The van der Waals surface area contributed by atoms with E-state index < -0.39 is 0 Å². The molecule has 2 fully saturated rings. The van der Waals surface area contributed by atoms with Gasteiger partial charge in [-0.05, 0) is 50.9 Å². The summed E-state index contributed by atoms with van der Waals surface area (Å²) in [6, 6.07) is 0. The van der Waals surface area contributed by atoms with E-state index >= 15 is 0 Å². The van der Waals surface area contributed by atoms with Crippen LogP contribution in [0, 0.1) is 5.92 Å². The Labute approximate surface area is 91.8 Å². The van der Waals surface area contributed by atoms with Gasteiger partial charge in [0.15, 0.2) is 6.29 Å². The van der Waals surface area contributed by atoms with Crippen LogP contribution in [-0.2, 0) is 9.47 Å². The lowest BCUT2D eigenvalue weighted by molar-refractivity contribution is -0.194. The highest BCUT2D eigenvalue weighted by atomic mass is 16.7. The van der Waals surface area contributed by atoms with Crippen LogP contribution < -0.4 is 0 Å². The monoisotopic (exact) mass is 214 g/mol. The standard InChI is InChI=1S/C12H22O3/c13-9-10-4-6-11(7-5-10)15-12-3-1-2-8-14-12/h10-13H,1-9H2/t10?,11?,12-/m1/s1. The molecule has 2 aliphatic rings. The summed E-state index contributed by atoms with van der Waals surface area (Å²) in [4.78, 5) is 0. The number of rotatable bonds is 3. The molecule has 0 bridgehead atoms. The molecule has 1 heterocycles. The van der Waals surface area contributed by atoms with Crippen LogP contribution in [0.5, 0.6) is 0 Å². The van der Waals surface area contributed by atoms with Gasteiger partial charge in [0.1, 0.15) is 0 Å². The zero-order valence-electron chi connectivity index (χ0n) is 9.36. The molecule has 0 radical (unpaired) electrons. The molecular formula is C12H22O3.